The quantitative estimate of drug-likeness (QED) is 0.821. The van der Waals surface area contributed by atoms with Gasteiger partial charge in [0.05, 0.1) is 17.2 Å². The molecule has 1 aromatic carbocycles. The number of amides is 1. The van der Waals surface area contributed by atoms with Crippen LogP contribution in [0.3, 0.4) is 0 Å². The molecule has 0 aliphatic rings. The molecule has 1 rings (SSSR count). The van der Waals surface area contributed by atoms with Gasteiger partial charge in [0.2, 0.25) is 0 Å². The molecule has 2 N–H and O–H groups in total. The van der Waals surface area contributed by atoms with Gasteiger partial charge in [-0.25, -0.2) is 4.39 Å². The van der Waals surface area contributed by atoms with Crippen LogP contribution in [0, 0.1) is 5.82 Å². The summed E-state index contributed by atoms with van der Waals surface area (Å²) in [6.45, 7) is 1.21. The van der Waals surface area contributed by atoms with Gasteiger partial charge in [0, 0.05) is 6.54 Å². The van der Waals surface area contributed by atoms with Crippen LogP contribution >= 0.6 is 0 Å². The Morgan fingerprint density at radius 2 is 2.06 bits per heavy atom. The van der Waals surface area contributed by atoms with Gasteiger partial charge in [-0.2, -0.15) is 13.2 Å². The van der Waals surface area contributed by atoms with E-state index in [1.165, 1.54) is 6.92 Å². The van der Waals surface area contributed by atoms with Crippen LogP contribution in [0.2, 0.25) is 0 Å². The Bertz CT molecular complexity index is 443. The minimum atomic E-state index is -4.65. The number of hydrogen-bond donors (Lipinski definition) is 2. The van der Waals surface area contributed by atoms with E-state index in [2.05, 4.69) is 5.32 Å². The summed E-state index contributed by atoms with van der Waals surface area (Å²) in [5.74, 6) is -2.05. The van der Waals surface area contributed by atoms with Crippen molar-refractivity contribution in [3.8, 4) is 0 Å². The molecule has 1 amide bonds. The van der Waals surface area contributed by atoms with E-state index < -0.39 is 35.1 Å². The van der Waals surface area contributed by atoms with Gasteiger partial charge in [-0.3, -0.25) is 4.79 Å². The van der Waals surface area contributed by atoms with E-state index >= 15 is 0 Å². The fourth-order valence-corrected chi connectivity index (χ4v) is 1.21. The van der Waals surface area contributed by atoms with Gasteiger partial charge in [-0.1, -0.05) is 0 Å². The van der Waals surface area contributed by atoms with Crippen molar-refractivity contribution < 1.29 is 27.5 Å². The minimum Gasteiger partial charge on any atom is -0.392 e. The molecular formula is C11H11F4NO2. The lowest BCUT2D eigenvalue weighted by Gasteiger charge is -2.11. The molecule has 0 heterocycles. The van der Waals surface area contributed by atoms with Crippen LogP contribution < -0.4 is 5.32 Å². The number of aliphatic hydroxyl groups excluding tert-OH is 1. The number of alkyl halides is 3. The Labute approximate surface area is 100 Å². The molecule has 0 aliphatic heterocycles. The molecule has 7 heteroatoms. The molecule has 3 nitrogen and oxygen atoms in total. The van der Waals surface area contributed by atoms with Crippen LogP contribution in [-0.4, -0.2) is 23.7 Å². The summed E-state index contributed by atoms with van der Waals surface area (Å²) < 4.78 is 50.4. The van der Waals surface area contributed by atoms with Crippen molar-refractivity contribution in [1.82, 2.24) is 5.32 Å². The number of hydrogen-bond acceptors (Lipinski definition) is 2. The predicted octanol–water partition coefficient (Wildman–Crippen LogP) is 1.96. The van der Waals surface area contributed by atoms with Gasteiger partial charge < -0.3 is 10.4 Å². The highest BCUT2D eigenvalue weighted by molar-refractivity contribution is 5.94. The van der Waals surface area contributed by atoms with Crippen molar-refractivity contribution >= 4 is 5.91 Å². The first-order valence-electron chi connectivity index (χ1n) is 5.05. The normalized spacial score (nSPS) is 13.2. The van der Waals surface area contributed by atoms with Gasteiger partial charge in [0.1, 0.15) is 5.82 Å². The van der Waals surface area contributed by atoms with Crippen molar-refractivity contribution in [3.05, 3.63) is 35.1 Å². The largest absolute Gasteiger partial charge is 0.416 e. The molecule has 0 bridgehead atoms. The Balaban J connectivity index is 2.97. The first kappa shape index (κ1) is 14.4. The Morgan fingerprint density at radius 3 is 2.56 bits per heavy atom. The van der Waals surface area contributed by atoms with E-state index in [1.54, 1.807) is 0 Å². The van der Waals surface area contributed by atoms with Crippen molar-refractivity contribution in [3.63, 3.8) is 0 Å². The molecule has 0 saturated heterocycles. The van der Waals surface area contributed by atoms with Crippen molar-refractivity contribution in [2.75, 3.05) is 6.54 Å². The summed E-state index contributed by atoms with van der Waals surface area (Å²) >= 11 is 0. The fraction of sp³-hybridized carbons (Fsp3) is 0.364. The molecule has 0 unspecified atom stereocenters. The second-order valence-electron chi connectivity index (χ2n) is 3.75. The van der Waals surface area contributed by atoms with E-state index in [0.717, 1.165) is 0 Å². The van der Waals surface area contributed by atoms with Crippen LogP contribution in [0.1, 0.15) is 22.8 Å². The Kier molecular flexibility index (Phi) is 4.28. The third-order valence-corrected chi connectivity index (χ3v) is 2.10. The van der Waals surface area contributed by atoms with E-state index in [0.29, 0.717) is 18.2 Å². The average Bonchev–Trinajstić information content (AvgIpc) is 2.24. The molecule has 0 aliphatic carbocycles. The van der Waals surface area contributed by atoms with Crippen LogP contribution in [0.25, 0.3) is 0 Å². The summed E-state index contributed by atoms with van der Waals surface area (Å²) in [5, 5.41) is 11.0. The molecule has 0 fully saturated rings. The maximum atomic E-state index is 13.2. The smallest absolute Gasteiger partial charge is 0.392 e. The standard InChI is InChI=1S/C11H11F4NO2/c1-6(17)5-16-10(18)8-4-7(11(13,14)15)2-3-9(8)12/h2-4,6,17H,5H2,1H3,(H,16,18)/t6-/m0/s1. The molecule has 100 valence electrons. The maximum absolute atomic E-state index is 13.2. The number of aliphatic hydroxyl groups is 1. The molecule has 18 heavy (non-hydrogen) atoms. The lowest BCUT2D eigenvalue weighted by Crippen LogP contribution is -2.31. The van der Waals surface area contributed by atoms with Gasteiger partial charge in [-0.05, 0) is 25.1 Å². The summed E-state index contributed by atoms with van der Waals surface area (Å²) in [6.07, 6.45) is -5.52. The van der Waals surface area contributed by atoms with Gasteiger partial charge in [0.25, 0.3) is 5.91 Å². The lowest BCUT2D eigenvalue weighted by atomic mass is 10.1. The first-order chi connectivity index (χ1) is 8.21. The first-order valence-corrected chi connectivity index (χ1v) is 5.05. The van der Waals surface area contributed by atoms with Crippen molar-refractivity contribution in [2.24, 2.45) is 0 Å². The van der Waals surface area contributed by atoms with Crippen LogP contribution in [0.5, 0.6) is 0 Å². The number of carbonyl (C=O) groups excluding carboxylic acids is 1. The highest BCUT2D eigenvalue weighted by Crippen LogP contribution is 2.30. The molecule has 0 radical (unpaired) electrons. The van der Waals surface area contributed by atoms with Gasteiger partial charge >= 0.3 is 6.18 Å². The van der Waals surface area contributed by atoms with E-state index in [-0.39, 0.29) is 6.54 Å². The predicted molar refractivity (Wildman–Crippen MR) is 55.4 cm³/mol. The highest BCUT2D eigenvalue weighted by Gasteiger charge is 2.31. The van der Waals surface area contributed by atoms with Crippen molar-refractivity contribution in [2.45, 2.75) is 19.2 Å². The number of carbonyl (C=O) groups is 1. The molecule has 1 aromatic rings. The Morgan fingerprint density at radius 1 is 1.44 bits per heavy atom. The summed E-state index contributed by atoms with van der Waals surface area (Å²) in [7, 11) is 0. The Hall–Kier alpha value is -1.63. The number of halogens is 4. The third kappa shape index (κ3) is 3.69. The zero-order chi connectivity index (χ0) is 13.9. The topological polar surface area (TPSA) is 49.3 Å². The number of nitrogens with one attached hydrogen (secondary N) is 1. The number of rotatable bonds is 3. The monoisotopic (exact) mass is 265 g/mol. The third-order valence-electron chi connectivity index (χ3n) is 2.10. The second-order valence-corrected chi connectivity index (χ2v) is 3.75. The number of benzene rings is 1. The van der Waals surface area contributed by atoms with Crippen molar-refractivity contribution in [1.29, 1.82) is 0 Å². The minimum absolute atomic E-state index is 0.172. The van der Waals surface area contributed by atoms with E-state index in [4.69, 9.17) is 5.11 Å². The molecule has 1 atom stereocenters. The fourth-order valence-electron chi connectivity index (χ4n) is 1.21. The zero-order valence-corrected chi connectivity index (χ0v) is 9.38. The second kappa shape index (κ2) is 5.34. The average molecular weight is 265 g/mol. The van der Waals surface area contributed by atoms with Gasteiger partial charge in [-0.15, -0.1) is 0 Å². The summed E-state index contributed by atoms with van der Waals surface area (Å²) in [4.78, 5) is 11.4. The molecule has 0 saturated carbocycles. The molecule has 0 spiro atoms. The maximum Gasteiger partial charge on any atom is 0.416 e. The van der Waals surface area contributed by atoms with Gasteiger partial charge in [0.15, 0.2) is 0 Å². The van der Waals surface area contributed by atoms with Crippen LogP contribution in [-0.2, 0) is 6.18 Å². The van der Waals surface area contributed by atoms with E-state index in [9.17, 15) is 22.4 Å². The molecular weight excluding hydrogens is 254 g/mol. The summed E-state index contributed by atoms with van der Waals surface area (Å²) in [6, 6.07) is 1.58. The lowest BCUT2D eigenvalue weighted by molar-refractivity contribution is -0.137. The molecule has 0 aromatic heterocycles. The van der Waals surface area contributed by atoms with Crippen LogP contribution in [0.15, 0.2) is 18.2 Å². The highest BCUT2D eigenvalue weighted by atomic mass is 19.4. The van der Waals surface area contributed by atoms with Crippen LogP contribution in [0.4, 0.5) is 17.6 Å². The zero-order valence-electron chi connectivity index (χ0n) is 9.38. The van der Waals surface area contributed by atoms with E-state index in [1.807, 2.05) is 0 Å². The SMILES string of the molecule is C[C@H](O)CNC(=O)c1cc(C(F)(F)F)ccc1F. The summed E-state index contributed by atoms with van der Waals surface area (Å²) in [5.41, 5.74) is -1.81.